The Kier molecular flexibility index (Phi) is 4.53. The number of para-hydroxylation sites is 1. The molecule has 3 rings (SSSR count). The van der Waals surface area contributed by atoms with Gasteiger partial charge in [-0.1, -0.05) is 18.2 Å². The van der Waals surface area contributed by atoms with Crippen LogP contribution in [-0.4, -0.2) is 34.7 Å². The van der Waals surface area contributed by atoms with Gasteiger partial charge in [0.2, 0.25) is 0 Å². The molecule has 0 aromatic heterocycles. The van der Waals surface area contributed by atoms with E-state index >= 15 is 0 Å². The molecule has 110 valence electrons. The molecule has 0 radical (unpaired) electrons. The highest BCUT2D eigenvalue weighted by molar-refractivity contribution is 8.06. The lowest BCUT2D eigenvalue weighted by molar-refractivity contribution is 0.137. The fourth-order valence-electron chi connectivity index (χ4n) is 2.84. The highest BCUT2D eigenvalue weighted by Gasteiger charge is 2.31. The highest BCUT2D eigenvalue weighted by Crippen LogP contribution is 2.37. The summed E-state index contributed by atoms with van der Waals surface area (Å²) in [5, 5.41) is 4.38. The first-order valence-electron chi connectivity index (χ1n) is 7.34. The van der Waals surface area contributed by atoms with Crippen LogP contribution in [0.3, 0.4) is 0 Å². The Morgan fingerprint density at radius 2 is 2.25 bits per heavy atom. The Balaban J connectivity index is 1.57. The molecular weight excluding hydrogens is 286 g/mol. The van der Waals surface area contributed by atoms with Gasteiger partial charge in [-0.15, -0.1) is 0 Å². The molecule has 0 bridgehead atoms. The van der Waals surface area contributed by atoms with Gasteiger partial charge in [0.1, 0.15) is 11.4 Å². The average molecular weight is 310 g/mol. The smallest absolute Gasteiger partial charge is 0.127 e. The molecule has 0 saturated carbocycles. The second kappa shape index (κ2) is 6.20. The van der Waals surface area contributed by atoms with Crippen molar-refractivity contribution in [2.75, 3.05) is 23.8 Å². The van der Waals surface area contributed by atoms with Crippen molar-refractivity contribution in [1.29, 1.82) is 0 Å². The normalized spacial score (nSPS) is 24.2. The van der Waals surface area contributed by atoms with Crippen molar-refractivity contribution in [2.24, 2.45) is 0 Å². The number of nitrogens with one attached hydrogen (secondary N) is 1. The third-order valence-corrected chi connectivity index (χ3v) is 6.59. The number of ether oxygens (including phenoxy) is 1. The summed E-state index contributed by atoms with van der Waals surface area (Å²) in [5.74, 6) is 5.02. The predicted molar refractivity (Wildman–Crippen MR) is 90.1 cm³/mol. The van der Waals surface area contributed by atoms with E-state index in [2.05, 4.69) is 60.9 Å². The van der Waals surface area contributed by atoms with Gasteiger partial charge in [0, 0.05) is 47.6 Å². The fraction of sp³-hybridized carbons (Fsp3) is 0.625. The summed E-state index contributed by atoms with van der Waals surface area (Å²) in [7, 11) is 0. The molecule has 1 aromatic carbocycles. The molecule has 1 fully saturated rings. The molecular formula is C16H23NOS2. The van der Waals surface area contributed by atoms with E-state index in [9.17, 15) is 0 Å². The number of rotatable bonds is 4. The monoisotopic (exact) mass is 309 g/mol. The van der Waals surface area contributed by atoms with Crippen LogP contribution < -0.4 is 10.1 Å². The van der Waals surface area contributed by atoms with Crippen molar-refractivity contribution in [2.45, 2.75) is 37.7 Å². The van der Waals surface area contributed by atoms with Crippen molar-refractivity contribution in [3.05, 3.63) is 29.3 Å². The van der Waals surface area contributed by atoms with Crippen LogP contribution >= 0.6 is 23.5 Å². The number of benzene rings is 1. The zero-order valence-electron chi connectivity index (χ0n) is 12.3. The summed E-state index contributed by atoms with van der Waals surface area (Å²) in [6.07, 6.45) is 1.02. The quantitative estimate of drug-likeness (QED) is 0.920. The Bertz CT molecular complexity index is 470. The van der Waals surface area contributed by atoms with Gasteiger partial charge >= 0.3 is 0 Å². The summed E-state index contributed by atoms with van der Waals surface area (Å²) in [6, 6.07) is 6.54. The zero-order chi connectivity index (χ0) is 14.0. The molecule has 1 saturated heterocycles. The number of hydrogen-bond donors (Lipinski definition) is 1. The molecule has 0 aliphatic carbocycles. The van der Waals surface area contributed by atoms with E-state index in [4.69, 9.17) is 4.74 Å². The molecule has 0 amide bonds. The molecule has 0 spiro atoms. The zero-order valence-corrected chi connectivity index (χ0v) is 13.9. The first-order chi connectivity index (χ1) is 9.64. The molecule has 4 heteroatoms. The van der Waals surface area contributed by atoms with Crippen LogP contribution in [0.4, 0.5) is 0 Å². The van der Waals surface area contributed by atoms with Crippen LogP contribution in [0.1, 0.15) is 25.0 Å². The molecule has 1 atom stereocenters. The first kappa shape index (κ1) is 14.6. The molecule has 1 unspecified atom stereocenters. The molecule has 2 aliphatic rings. The summed E-state index contributed by atoms with van der Waals surface area (Å²) < 4.78 is 6.12. The molecule has 1 aromatic rings. The second-order valence-corrected chi connectivity index (χ2v) is 8.70. The Labute approximate surface area is 130 Å². The minimum absolute atomic E-state index is 0.0473. The van der Waals surface area contributed by atoms with E-state index in [1.807, 2.05) is 0 Å². The maximum atomic E-state index is 6.12. The molecule has 1 N–H and O–H groups in total. The number of hydrogen-bond acceptors (Lipinski definition) is 4. The highest BCUT2D eigenvalue weighted by atomic mass is 32.2. The van der Waals surface area contributed by atoms with Crippen LogP contribution in [0.15, 0.2) is 18.2 Å². The van der Waals surface area contributed by atoms with Crippen molar-refractivity contribution in [3.63, 3.8) is 0 Å². The van der Waals surface area contributed by atoms with Crippen molar-refractivity contribution >= 4 is 23.5 Å². The second-order valence-electron chi connectivity index (χ2n) is 6.14. The molecule has 2 heterocycles. The third kappa shape index (κ3) is 3.46. The summed E-state index contributed by atoms with van der Waals surface area (Å²) >= 11 is 4.19. The van der Waals surface area contributed by atoms with Gasteiger partial charge in [-0.05, 0) is 19.4 Å². The maximum Gasteiger partial charge on any atom is 0.127 e. The van der Waals surface area contributed by atoms with Gasteiger partial charge in [0.05, 0.1) is 0 Å². The maximum absolute atomic E-state index is 6.12. The van der Waals surface area contributed by atoms with E-state index in [-0.39, 0.29) is 5.60 Å². The van der Waals surface area contributed by atoms with Gasteiger partial charge in [0.15, 0.2) is 0 Å². The summed E-state index contributed by atoms with van der Waals surface area (Å²) in [5.41, 5.74) is 2.62. The standard InChI is InChI=1S/C16H23NOS2/c1-16(2)8-12-4-3-5-13(15(12)18-16)9-17-10-14-11-19-6-7-20-14/h3-5,14,17H,6-11H2,1-2H3. The van der Waals surface area contributed by atoms with E-state index in [1.54, 1.807) is 0 Å². The third-order valence-electron chi connectivity index (χ3n) is 3.75. The van der Waals surface area contributed by atoms with Crippen LogP contribution in [0.25, 0.3) is 0 Å². The minimum atomic E-state index is -0.0473. The summed E-state index contributed by atoms with van der Waals surface area (Å²) in [6.45, 7) is 6.35. The van der Waals surface area contributed by atoms with E-state index in [0.717, 1.165) is 30.5 Å². The van der Waals surface area contributed by atoms with Crippen molar-refractivity contribution in [1.82, 2.24) is 5.32 Å². The van der Waals surface area contributed by atoms with Crippen molar-refractivity contribution < 1.29 is 4.74 Å². The molecule has 2 nitrogen and oxygen atoms in total. The van der Waals surface area contributed by atoms with Gasteiger partial charge in [-0.25, -0.2) is 0 Å². The predicted octanol–water partition coefficient (Wildman–Crippen LogP) is 3.34. The largest absolute Gasteiger partial charge is 0.487 e. The van der Waals surface area contributed by atoms with Crippen LogP contribution in [0.2, 0.25) is 0 Å². The van der Waals surface area contributed by atoms with E-state index < -0.39 is 0 Å². The van der Waals surface area contributed by atoms with Crippen molar-refractivity contribution in [3.8, 4) is 5.75 Å². The molecule has 2 aliphatic heterocycles. The van der Waals surface area contributed by atoms with Crippen LogP contribution in [0, 0.1) is 0 Å². The Morgan fingerprint density at radius 3 is 3.05 bits per heavy atom. The van der Waals surface area contributed by atoms with Gasteiger partial charge in [-0.2, -0.15) is 23.5 Å². The average Bonchev–Trinajstić information content (AvgIpc) is 2.75. The van der Waals surface area contributed by atoms with Gasteiger partial charge in [0.25, 0.3) is 0 Å². The topological polar surface area (TPSA) is 21.3 Å². The lowest BCUT2D eigenvalue weighted by Gasteiger charge is -2.22. The fourth-order valence-corrected chi connectivity index (χ4v) is 5.49. The first-order valence-corrected chi connectivity index (χ1v) is 9.54. The lowest BCUT2D eigenvalue weighted by atomic mass is 10.0. The van der Waals surface area contributed by atoms with E-state index in [0.29, 0.717) is 0 Å². The van der Waals surface area contributed by atoms with Crippen LogP contribution in [0.5, 0.6) is 5.75 Å². The minimum Gasteiger partial charge on any atom is -0.487 e. The molecule has 20 heavy (non-hydrogen) atoms. The Hall–Kier alpha value is -0.320. The Morgan fingerprint density at radius 1 is 1.35 bits per heavy atom. The number of fused-ring (bicyclic) bond motifs is 1. The van der Waals surface area contributed by atoms with Gasteiger partial charge in [-0.3, -0.25) is 0 Å². The van der Waals surface area contributed by atoms with Gasteiger partial charge < -0.3 is 10.1 Å². The lowest BCUT2D eigenvalue weighted by Crippen LogP contribution is -2.29. The summed E-state index contributed by atoms with van der Waals surface area (Å²) in [4.78, 5) is 0. The SMILES string of the molecule is CC1(C)Cc2cccc(CNCC3CSCCS3)c2O1. The van der Waals surface area contributed by atoms with Crippen LogP contribution in [-0.2, 0) is 13.0 Å². The van der Waals surface area contributed by atoms with E-state index in [1.165, 1.54) is 28.4 Å². The number of thioether (sulfide) groups is 2.